The molecule has 1 heterocycles. The van der Waals surface area contributed by atoms with Gasteiger partial charge in [-0.3, -0.25) is 4.90 Å². The van der Waals surface area contributed by atoms with Crippen molar-refractivity contribution in [3.05, 3.63) is 0 Å². The Bertz CT molecular complexity index is 197. The normalized spacial score (nSPS) is 31.7. The smallest absolute Gasteiger partial charge is 0.0644 e. The SMILES string of the molecule is OCC1COCCN1CC1(CBr)CC1. The Morgan fingerprint density at radius 2 is 2.29 bits per heavy atom. The van der Waals surface area contributed by atoms with Crippen molar-refractivity contribution in [2.24, 2.45) is 5.41 Å². The van der Waals surface area contributed by atoms with E-state index in [1.807, 2.05) is 0 Å². The molecule has 0 amide bonds. The summed E-state index contributed by atoms with van der Waals surface area (Å²) in [5.41, 5.74) is 0.505. The molecule has 3 nitrogen and oxygen atoms in total. The number of aliphatic hydroxyl groups excluding tert-OH is 1. The van der Waals surface area contributed by atoms with Crippen LogP contribution in [-0.4, -0.2) is 54.3 Å². The van der Waals surface area contributed by atoms with Gasteiger partial charge in [0.2, 0.25) is 0 Å². The molecule has 1 saturated carbocycles. The molecule has 0 bridgehead atoms. The van der Waals surface area contributed by atoms with Gasteiger partial charge in [0.05, 0.1) is 25.9 Å². The monoisotopic (exact) mass is 263 g/mol. The fraction of sp³-hybridized carbons (Fsp3) is 1.00. The number of rotatable bonds is 4. The largest absolute Gasteiger partial charge is 0.395 e. The molecule has 2 rings (SSSR count). The summed E-state index contributed by atoms with van der Waals surface area (Å²) in [6.45, 7) is 3.81. The van der Waals surface area contributed by atoms with Crippen molar-refractivity contribution in [3.63, 3.8) is 0 Å². The second kappa shape index (κ2) is 4.47. The first-order chi connectivity index (χ1) is 6.79. The maximum Gasteiger partial charge on any atom is 0.0644 e. The molecule has 0 aromatic heterocycles. The number of hydrogen-bond acceptors (Lipinski definition) is 3. The molecule has 0 spiro atoms. The molecule has 1 N–H and O–H groups in total. The number of aliphatic hydroxyl groups is 1. The molecule has 1 atom stereocenters. The van der Waals surface area contributed by atoms with Crippen LogP contribution in [0.1, 0.15) is 12.8 Å². The van der Waals surface area contributed by atoms with Crippen LogP contribution in [0.25, 0.3) is 0 Å². The third-order valence-corrected chi connectivity index (χ3v) is 4.53. The molecule has 1 aliphatic carbocycles. The van der Waals surface area contributed by atoms with E-state index in [2.05, 4.69) is 20.8 Å². The maximum atomic E-state index is 9.22. The average Bonchev–Trinajstić information content (AvgIpc) is 2.99. The predicted molar refractivity (Wildman–Crippen MR) is 58.7 cm³/mol. The van der Waals surface area contributed by atoms with Crippen molar-refractivity contribution >= 4 is 15.9 Å². The summed E-state index contributed by atoms with van der Waals surface area (Å²) >= 11 is 3.58. The molecule has 2 aliphatic rings. The summed E-state index contributed by atoms with van der Waals surface area (Å²) in [5, 5.41) is 10.3. The van der Waals surface area contributed by atoms with Crippen LogP contribution >= 0.6 is 15.9 Å². The highest BCUT2D eigenvalue weighted by Crippen LogP contribution is 2.47. The van der Waals surface area contributed by atoms with Gasteiger partial charge in [-0.15, -0.1) is 0 Å². The molecule has 1 aliphatic heterocycles. The Labute approximate surface area is 93.5 Å². The van der Waals surface area contributed by atoms with Crippen molar-refractivity contribution in [3.8, 4) is 0 Å². The zero-order valence-corrected chi connectivity index (χ0v) is 10.0. The van der Waals surface area contributed by atoms with Gasteiger partial charge >= 0.3 is 0 Å². The van der Waals surface area contributed by atoms with E-state index >= 15 is 0 Å². The van der Waals surface area contributed by atoms with E-state index in [4.69, 9.17) is 4.74 Å². The lowest BCUT2D eigenvalue weighted by molar-refractivity contribution is -0.0339. The predicted octanol–water partition coefficient (Wildman–Crippen LogP) is 0.855. The van der Waals surface area contributed by atoms with Crippen LogP contribution in [0.4, 0.5) is 0 Å². The number of nitrogens with zero attached hydrogens (tertiary/aromatic N) is 1. The molecule has 0 radical (unpaired) electrons. The Morgan fingerprint density at radius 3 is 2.86 bits per heavy atom. The third-order valence-electron chi connectivity index (χ3n) is 3.34. The van der Waals surface area contributed by atoms with E-state index in [0.717, 1.165) is 25.0 Å². The lowest BCUT2D eigenvalue weighted by Crippen LogP contribution is -2.49. The summed E-state index contributed by atoms with van der Waals surface area (Å²) in [6, 6.07) is 0.222. The van der Waals surface area contributed by atoms with E-state index in [1.165, 1.54) is 12.8 Å². The number of hydrogen-bond donors (Lipinski definition) is 1. The maximum absolute atomic E-state index is 9.22. The van der Waals surface area contributed by atoms with Crippen molar-refractivity contribution in [2.75, 3.05) is 38.2 Å². The standard InChI is InChI=1S/C10H18BrNO2/c11-7-10(1-2-10)8-12-3-4-14-6-9(12)5-13/h9,13H,1-8H2. The van der Waals surface area contributed by atoms with E-state index in [-0.39, 0.29) is 12.6 Å². The Kier molecular flexibility index (Phi) is 3.47. The molecule has 0 aromatic carbocycles. The first-order valence-corrected chi connectivity index (χ1v) is 6.40. The fourth-order valence-electron chi connectivity index (χ4n) is 2.01. The molecular weight excluding hydrogens is 246 g/mol. The summed E-state index contributed by atoms with van der Waals surface area (Å²) in [5.74, 6) is 0. The minimum absolute atomic E-state index is 0.221. The highest BCUT2D eigenvalue weighted by atomic mass is 79.9. The van der Waals surface area contributed by atoms with Crippen molar-refractivity contribution in [1.82, 2.24) is 4.90 Å². The molecule has 14 heavy (non-hydrogen) atoms. The van der Waals surface area contributed by atoms with Crippen LogP contribution in [0.5, 0.6) is 0 Å². The van der Waals surface area contributed by atoms with E-state index in [1.54, 1.807) is 0 Å². The van der Waals surface area contributed by atoms with Gasteiger partial charge in [0, 0.05) is 18.4 Å². The van der Waals surface area contributed by atoms with E-state index in [9.17, 15) is 5.11 Å². The number of alkyl halides is 1. The topological polar surface area (TPSA) is 32.7 Å². The molecule has 82 valence electrons. The highest BCUT2D eigenvalue weighted by molar-refractivity contribution is 9.09. The molecule has 2 fully saturated rings. The summed E-state index contributed by atoms with van der Waals surface area (Å²) in [6.07, 6.45) is 2.65. The minimum Gasteiger partial charge on any atom is -0.395 e. The molecule has 4 heteroatoms. The lowest BCUT2D eigenvalue weighted by Gasteiger charge is -2.36. The quantitative estimate of drug-likeness (QED) is 0.764. The summed E-state index contributed by atoms with van der Waals surface area (Å²) in [7, 11) is 0. The fourth-order valence-corrected chi connectivity index (χ4v) is 2.75. The molecular formula is C10H18BrNO2. The second-order valence-electron chi connectivity index (χ2n) is 4.52. The van der Waals surface area contributed by atoms with Crippen LogP contribution in [0.3, 0.4) is 0 Å². The summed E-state index contributed by atoms with van der Waals surface area (Å²) in [4.78, 5) is 2.39. The zero-order valence-electron chi connectivity index (χ0n) is 8.41. The molecule has 0 aromatic rings. The van der Waals surface area contributed by atoms with Gasteiger partial charge in [-0.1, -0.05) is 15.9 Å². The van der Waals surface area contributed by atoms with Crippen LogP contribution in [0, 0.1) is 5.41 Å². The average molecular weight is 264 g/mol. The van der Waals surface area contributed by atoms with Crippen molar-refractivity contribution in [1.29, 1.82) is 0 Å². The number of morpholine rings is 1. The van der Waals surface area contributed by atoms with Gasteiger partial charge in [0.25, 0.3) is 0 Å². The van der Waals surface area contributed by atoms with Gasteiger partial charge < -0.3 is 9.84 Å². The van der Waals surface area contributed by atoms with Gasteiger partial charge in [-0.2, -0.15) is 0 Å². The summed E-state index contributed by atoms with van der Waals surface area (Å²) < 4.78 is 5.36. The minimum atomic E-state index is 0.221. The van der Waals surface area contributed by atoms with E-state index in [0.29, 0.717) is 12.0 Å². The first kappa shape index (κ1) is 10.9. The van der Waals surface area contributed by atoms with Gasteiger partial charge in [0.1, 0.15) is 0 Å². The molecule has 1 saturated heterocycles. The Morgan fingerprint density at radius 1 is 1.50 bits per heavy atom. The second-order valence-corrected chi connectivity index (χ2v) is 5.08. The lowest BCUT2D eigenvalue weighted by atomic mass is 10.1. The van der Waals surface area contributed by atoms with Crippen molar-refractivity contribution in [2.45, 2.75) is 18.9 Å². The third kappa shape index (κ3) is 2.30. The van der Waals surface area contributed by atoms with Crippen molar-refractivity contribution < 1.29 is 9.84 Å². The van der Waals surface area contributed by atoms with Crippen LogP contribution in [-0.2, 0) is 4.74 Å². The van der Waals surface area contributed by atoms with Gasteiger partial charge in [-0.25, -0.2) is 0 Å². The van der Waals surface area contributed by atoms with Gasteiger partial charge in [0.15, 0.2) is 0 Å². The van der Waals surface area contributed by atoms with Gasteiger partial charge in [-0.05, 0) is 18.3 Å². The van der Waals surface area contributed by atoms with Crippen LogP contribution in [0.2, 0.25) is 0 Å². The Hall–Kier alpha value is 0.360. The van der Waals surface area contributed by atoms with Crippen LogP contribution < -0.4 is 0 Å². The Balaban J connectivity index is 1.88. The van der Waals surface area contributed by atoms with E-state index < -0.39 is 0 Å². The van der Waals surface area contributed by atoms with Crippen LogP contribution in [0.15, 0.2) is 0 Å². The number of halogens is 1. The first-order valence-electron chi connectivity index (χ1n) is 5.28. The molecule has 1 unspecified atom stereocenters. The zero-order chi connectivity index (χ0) is 10.0. The highest BCUT2D eigenvalue weighted by Gasteiger charge is 2.44. The number of ether oxygens (including phenoxy) is 1.